The van der Waals surface area contributed by atoms with Crippen LogP contribution < -0.4 is 4.74 Å². The third-order valence-corrected chi connectivity index (χ3v) is 3.40. The zero-order valence-corrected chi connectivity index (χ0v) is 13.0. The van der Waals surface area contributed by atoms with Gasteiger partial charge in [-0.15, -0.1) is 0 Å². The molecular formula is C16H20N2O3. The molecule has 0 aliphatic carbocycles. The zero-order valence-electron chi connectivity index (χ0n) is 13.0. The molecule has 5 heteroatoms. The van der Waals surface area contributed by atoms with E-state index in [1.54, 1.807) is 24.9 Å². The number of ether oxygens (including phenoxy) is 1. The molecule has 0 amide bonds. The Morgan fingerprint density at radius 2 is 2.00 bits per heavy atom. The molecule has 1 aromatic carbocycles. The van der Waals surface area contributed by atoms with Gasteiger partial charge in [-0.25, -0.2) is 4.79 Å². The SMILES string of the molecule is COc1c(-c2cc(C(=O)O)nn2C)cccc1C(C)(C)C. The number of carboxylic acids is 1. The normalized spacial score (nSPS) is 11.5. The number of rotatable bonds is 3. The standard InChI is InChI=1S/C16H20N2O3/c1-16(2,3)11-8-6-7-10(14(11)21-5)13-9-12(15(19)20)17-18(13)4/h6-9H,1-5H3,(H,19,20). The number of methoxy groups -OCH3 is 1. The highest BCUT2D eigenvalue weighted by Crippen LogP contribution is 2.39. The molecule has 0 atom stereocenters. The van der Waals surface area contributed by atoms with E-state index in [4.69, 9.17) is 9.84 Å². The summed E-state index contributed by atoms with van der Waals surface area (Å²) in [6.45, 7) is 6.33. The molecule has 1 heterocycles. The monoisotopic (exact) mass is 288 g/mol. The zero-order chi connectivity index (χ0) is 15.8. The summed E-state index contributed by atoms with van der Waals surface area (Å²) in [5, 5.41) is 13.1. The molecule has 2 aromatic rings. The fourth-order valence-electron chi connectivity index (χ4n) is 2.37. The largest absolute Gasteiger partial charge is 0.496 e. The molecule has 1 aromatic heterocycles. The summed E-state index contributed by atoms with van der Waals surface area (Å²) >= 11 is 0. The summed E-state index contributed by atoms with van der Waals surface area (Å²) < 4.78 is 7.16. The number of carbonyl (C=O) groups is 1. The van der Waals surface area contributed by atoms with Crippen molar-refractivity contribution in [3.05, 3.63) is 35.5 Å². The van der Waals surface area contributed by atoms with E-state index >= 15 is 0 Å². The Kier molecular flexibility index (Phi) is 3.77. The van der Waals surface area contributed by atoms with Crippen LogP contribution in [0.1, 0.15) is 36.8 Å². The number of aromatic carboxylic acids is 1. The minimum absolute atomic E-state index is 0.0238. The summed E-state index contributed by atoms with van der Waals surface area (Å²) in [5.74, 6) is -0.285. The molecule has 0 unspecified atom stereocenters. The van der Waals surface area contributed by atoms with Gasteiger partial charge in [-0.3, -0.25) is 4.68 Å². The van der Waals surface area contributed by atoms with Crippen molar-refractivity contribution >= 4 is 5.97 Å². The summed E-state index contributed by atoms with van der Waals surface area (Å²) in [6, 6.07) is 7.45. The first-order chi connectivity index (χ1) is 9.75. The molecule has 0 aliphatic rings. The lowest BCUT2D eigenvalue weighted by atomic mass is 9.85. The Balaban J connectivity index is 2.67. The second-order valence-corrected chi connectivity index (χ2v) is 5.98. The third-order valence-electron chi connectivity index (χ3n) is 3.40. The number of hydrogen-bond donors (Lipinski definition) is 1. The number of benzene rings is 1. The maximum Gasteiger partial charge on any atom is 0.356 e. The molecule has 21 heavy (non-hydrogen) atoms. The minimum atomic E-state index is -1.04. The highest BCUT2D eigenvalue weighted by Gasteiger charge is 2.23. The van der Waals surface area contributed by atoms with E-state index in [0.717, 1.165) is 22.6 Å². The Bertz CT molecular complexity index is 681. The van der Waals surface area contributed by atoms with Crippen molar-refractivity contribution < 1.29 is 14.6 Å². The van der Waals surface area contributed by atoms with E-state index in [1.165, 1.54) is 0 Å². The summed E-state index contributed by atoms with van der Waals surface area (Å²) in [6.07, 6.45) is 0. The second kappa shape index (κ2) is 5.24. The molecule has 0 bridgehead atoms. The molecule has 0 radical (unpaired) electrons. The van der Waals surface area contributed by atoms with Gasteiger partial charge in [0.15, 0.2) is 5.69 Å². The van der Waals surface area contributed by atoms with Gasteiger partial charge in [0.1, 0.15) is 5.75 Å². The Morgan fingerprint density at radius 3 is 2.48 bits per heavy atom. The van der Waals surface area contributed by atoms with E-state index < -0.39 is 5.97 Å². The lowest BCUT2D eigenvalue weighted by Crippen LogP contribution is -2.13. The van der Waals surface area contributed by atoms with Crippen molar-refractivity contribution in [2.24, 2.45) is 7.05 Å². The molecule has 0 fully saturated rings. The third kappa shape index (κ3) is 2.77. The molecule has 0 saturated heterocycles. The van der Waals surface area contributed by atoms with Gasteiger partial charge < -0.3 is 9.84 Å². The van der Waals surface area contributed by atoms with Crippen LogP contribution >= 0.6 is 0 Å². The highest BCUT2D eigenvalue weighted by molar-refractivity contribution is 5.87. The van der Waals surface area contributed by atoms with Gasteiger partial charge in [-0.05, 0) is 17.5 Å². The van der Waals surface area contributed by atoms with Gasteiger partial charge in [0.05, 0.1) is 12.8 Å². The highest BCUT2D eigenvalue weighted by atomic mass is 16.5. The average molecular weight is 288 g/mol. The fourth-order valence-corrected chi connectivity index (χ4v) is 2.37. The maximum absolute atomic E-state index is 11.1. The number of para-hydroxylation sites is 1. The first kappa shape index (κ1) is 15.1. The van der Waals surface area contributed by atoms with Crippen LogP contribution in [0, 0.1) is 0 Å². The lowest BCUT2D eigenvalue weighted by molar-refractivity contribution is 0.0689. The quantitative estimate of drug-likeness (QED) is 0.942. The summed E-state index contributed by atoms with van der Waals surface area (Å²) in [5.41, 5.74) is 2.58. The van der Waals surface area contributed by atoms with Crippen molar-refractivity contribution in [2.45, 2.75) is 26.2 Å². The molecule has 0 aliphatic heterocycles. The predicted octanol–water partition coefficient (Wildman–Crippen LogP) is 3.09. The molecule has 5 nitrogen and oxygen atoms in total. The smallest absolute Gasteiger partial charge is 0.356 e. The van der Waals surface area contributed by atoms with Gasteiger partial charge in [0.2, 0.25) is 0 Å². The van der Waals surface area contributed by atoms with E-state index in [2.05, 4.69) is 25.9 Å². The molecule has 2 rings (SSSR count). The number of carboxylic acid groups (broad SMARTS) is 1. The molecule has 0 saturated carbocycles. The molecule has 0 spiro atoms. The van der Waals surface area contributed by atoms with Crippen LogP contribution in [-0.2, 0) is 12.5 Å². The van der Waals surface area contributed by atoms with E-state index in [9.17, 15) is 4.79 Å². The predicted molar refractivity (Wildman–Crippen MR) is 80.9 cm³/mol. The number of hydrogen-bond acceptors (Lipinski definition) is 3. The minimum Gasteiger partial charge on any atom is -0.496 e. The Morgan fingerprint density at radius 1 is 1.33 bits per heavy atom. The number of aryl methyl sites for hydroxylation is 1. The van der Waals surface area contributed by atoms with Crippen LogP contribution in [0.25, 0.3) is 11.3 Å². The van der Waals surface area contributed by atoms with Crippen LogP contribution in [0.4, 0.5) is 0 Å². The first-order valence-corrected chi connectivity index (χ1v) is 6.71. The van der Waals surface area contributed by atoms with E-state index in [-0.39, 0.29) is 11.1 Å². The van der Waals surface area contributed by atoms with Crippen molar-refractivity contribution in [1.29, 1.82) is 0 Å². The average Bonchev–Trinajstić information content (AvgIpc) is 2.79. The van der Waals surface area contributed by atoms with Gasteiger partial charge in [-0.1, -0.05) is 32.9 Å². The van der Waals surface area contributed by atoms with Crippen LogP contribution in [-0.4, -0.2) is 28.0 Å². The van der Waals surface area contributed by atoms with Crippen LogP contribution in [0.2, 0.25) is 0 Å². The van der Waals surface area contributed by atoms with Crippen molar-refractivity contribution in [3.63, 3.8) is 0 Å². The van der Waals surface area contributed by atoms with Crippen molar-refractivity contribution in [2.75, 3.05) is 7.11 Å². The van der Waals surface area contributed by atoms with Crippen LogP contribution in [0.5, 0.6) is 5.75 Å². The van der Waals surface area contributed by atoms with Gasteiger partial charge in [0, 0.05) is 18.2 Å². The van der Waals surface area contributed by atoms with Gasteiger partial charge in [0.25, 0.3) is 0 Å². The molecule has 1 N–H and O–H groups in total. The second-order valence-electron chi connectivity index (χ2n) is 5.98. The van der Waals surface area contributed by atoms with Crippen molar-refractivity contribution in [1.82, 2.24) is 9.78 Å². The topological polar surface area (TPSA) is 64.3 Å². The summed E-state index contributed by atoms with van der Waals surface area (Å²) in [4.78, 5) is 11.1. The Hall–Kier alpha value is -2.30. The number of aromatic nitrogens is 2. The fraction of sp³-hybridized carbons (Fsp3) is 0.375. The van der Waals surface area contributed by atoms with Crippen LogP contribution in [0.3, 0.4) is 0 Å². The molecular weight excluding hydrogens is 268 g/mol. The van der Waals surface area contributed by atoms with Gasteiger partial charge >= 0.3 is 5.97 Å². The van der Waals surface area contributed by atoms with Crippen LogP contribution in [0.15, 0.2) is 24.3 Å². The number of nitrogens with zero attached hydrogens (tertiary/aromatic N) is 2. The lowest BCUT2D eigenvalue weighted by Gasteiger charge is -2.23. The first-order valence-electron chi connectivity index (χ1n) is 6.71. The summed E-state index contributed by atoms with van der Waals surface area (Å²) in [7, 11) is 3.35. The molecule has 112 valence electrons. The van der Waals surface area contributed by atoms with Gasteiger partial charge in [-0.2, -0.15) is 5.10 Å². The van der Waals surface area contributed by atoms with Crippen molar-refractivity contribution in [3.8, 4) is 17.0 Å². The van der Waals surface area contributed by atoms with E-state index in [1.807, 2.05) is 18.2 Å². The van der Waals surface area contributed by atoms with E-state index in [0.29, 0.717) is 0 Å². The Labute approximate surface area is 124 Å². The maximum atomic E-state index is 11.1.